The minimum absolute atomic E-state index is 0.0199. The van der Waals surface area contributed by atoms with Crippen LogP contribution in [0.5, 0.6) is 0 Å². The lowest BCUT2D eigenvalue weighted by Gasteiger charge is -2.43. The molecule has 2 fully saturated rings. The average Bonchev–Trinajstić information content (AvgIpc) is 2.73. The zero-order valence-electron chi connectivity index (χ0n) is 19.0. The highest BCUT2D eigenvalue weighted by Gasteiger charge is 2.35. The van der Waals surface area contributed by atoms with Crippen molar-refractivity contribution in [1.29, 1.82) is 0 Å². The summed E-state index contributed by atoms with van der Waals surface area (Å²) in [5.41, 5.74) is 7.97. The Labute approximate surface area is 181 Å². The molecule has 2 aliphatic heterocycles. The van der Waals surface area contributed by atoms with Crippen molar-refractivity contribution < 1.29 is 9.59 Å². The predicted molar refractivity (Wildman–Crippen MR) is 121 cm³/mol. The summed E-state index contributed by atoms with van der Waals surface area (Å²) in [5.74, 6) is 0.481. The van der Waals surface area contributed by atoms with Crippen LogP contribution in [0.1, 0.15) is 61.9 Å². The van der Waals surface area contributed by atoms with E-state index >= 15 is 0 Å². The van der Waals surface area contributed by atoms with Gasteiger partial charge in [0.15, 0.2) is 0 Å². The van der Waals surface area contributed by atoms with Crippen molar-refractivity contribution in [2.45, 2.75) is 65.0 Å². The highest BCUT2D eigenvalue weighted by atomic mass is 16.2. The molecule has 1 aromatic carbocycles. The third kappa shape index (κ3) is 5.15. The number of hydrogen-bond acceptors (Lipinski definition) is 4. The molecule has 0 aliphatic carbocycles. The fraction of sp³-hybridized carbons (Fsp3) is 0.667. The maximum absolute atomic E-state index is 13.3. The average molecular weight is 415 g/mol. The van der Waals surface area contributed by atoms with E-state index in [0.29, 0.717) is 23.2 Å². The van der Waals surface area contributed by atoms with Crippen LogP contribution in [-0.4, -0.2) is 60.4 Å². The number of carbonyl (C=O) groups is 2. The Bertz CT molecular complexity index is 756. The number of nitrogen functional groups attached to an aromatic ring is 1. The summed E-state index contributed by atoms with van der Waals surface area (Å²) in [4.78, 5) is 30.5. The van der Waals surface area contributed by atoms with Crippen molar-refractivity contribution in [2.75, 3.05) is 32.4 Å². The molecule has 2 atom stereocenters. The number of rotatable bonds is 5. The minimum atomic E-state index is -0.520. The molecule has 2 heterocycles. The first kappa shape index (κ1) is 22.6. The van der Waals surface area contributed by atoms with Gasteiger partial charge in [0.2, 0.25) is 5.91 Å². The van der Waals surface area contributed by atoms with Gasteiger partial charge in [-0.2, -0.15) is 0 Å². The molecule has 3 rings (SSSR count). The summed E-state index contributed by atoms with van der Waals surface area (Å²) in [6, 6.07) is 5.41. The Hall–Kier alpha value is -2.08. The van der Waals surface area contributed by atoms with E-state index in [2.05, 4.69) is 17.3 Å². The first-order valence-corrected chi connectivity index (χ1v) is 11.4. The van der Waals surface area contributed by atoms with Gasteiger partial charge in [0.25, 0.3) is 5.91 Å². The maximum Gasteiger partial charge on any atom is 0.252 e. The quantitative estimate of drug-likeness (QED) is 0.726. The molecule has 2 saturated heterocycles. The molecule has 30 heavy (non-hydrogen) atoms. The van der Waals surface area contributed by atoms with Gasteiger partial charge in [-0.1, -0.05) is 26.3 Å². The van der Waals surface area contributed by atoms with Gasteiger partial charge >= 0.3 is 0 Å². The Morgan fingerprint density at radius 2 is 1.80 bits per heavy atom. The van der Waals surface area contributed by atoms with E-state index in [1.807, 2.05) is 31.7 Å². The van der Waals surface area contributed by atoms with E-state index in [-0.39, 0.29) is 17.7 Å². The summed E-state index contributed by atoms with van der Waals surface area (Å²) in [7, 11) is 2.24. The number of anilines is 1. The number of piperidine rings is 2. The highest BCUT2D eigenvalue weighted by molar-refractivity contribution is 5.98. The third-order valence-corrected chi connectivity index (χ3v) is 6.98. The van der Waals surface area contributed by atoms with E-state index in [1.165, 1.54) is 25.8 Å². The molecule has 0 bridgehead atoms. The second kappa shape index (κ2) is 9.82. The monoisotopic (exact) mass is 414 g/mol. The largest absolute Gasteiger partial charge is 0.398 e. The second-order valence-corrected chi connectivity index (χ2v) is 9.47. The minimum Gasteiger partial charge on any atom is -0.398 e. The topological polar surface area (TPSA) is 78.7 Å². The smallest absolute Gasteiger partial charge is 0.252 e. The van der Waals surface area contributed by atoms with Crippen LogP contribution >= 0.6 is 0 Å². The SMILES string of the molecule is Cc1ccc(C(=O)N[C@@H](C(=O)N2CCC(C3CCCCN3C)CC2)C(C)C)cc1N. The summed E-state index contributed by atoms with van der Waals surface area (Å²) in [5, 5.41) is 2.96. The van der Waals surface area contributed by atoms with Crippen molar-refractivity contribution in [2.24, 2.45) is 11.8 Å². The summed E-state index contributed by atoms with van der Waals surface area (Å²) >= 11 is 0. The van der Waals surface area contributed by atoms with E-state index in [9.17, 15) is 9.59 Å². The molecule has 166 valence electrons. The van der Waals surface area contributed by atoms with Gasteiger partial charge in [0.1, 0.15) is 6.04 Å². The van der Waals surface area contributed by atoms with Crippen molar-refractivity contribution in [3.05, 3.63) is 29.3 Å². The maximum atomic E-state index is 13.3. The molecule has 2 aliphatic rings. The van der Waals surface area contributed by atoms with Crippen LogP contribution in [0.2, 0.25) is 0 Å². The van der Waals surface area contributed by atoms with Crippen LogP contribution < -0.4 is 11.1 Å². The number of amides is 2. The zero-order valence-corrected chi connectivity index (χ0v) is 19.0. The third-order valence-electron chi connectivity index (χ3n) is 6.98. The molecule has 1 unspecified atom stereocenters. The van der Waals surface area contributed by atoms with E-state index in [1.54, 1.807) is 12.1 Å². The molecule has 0 spiro atoms. The summed E-state index contributed by atoms with van der Waals surface area (Å²) < 4.78 is 0. The lowest BCUT2D eigenvalue weighted by atomic mass is 9.83. The van der Waals surface area contributed by atoms with Crippen molar-refractivity contribution >= 4 is 17.5 Å². The van der Waals surface area contributed by atoms with Crippen LogP contribution in [0.3, 0.4) is 0 Å². The fourth-order valence-electron chi connectivity index (χ4n) is 4.92. The molecular formula is C24H38N4O2. The number of hydrogen-bond donors (Lipinski definition) is 2. The highest BCUT2D eigenvalue weighted by Crippen LogP contribution is 2.30. The van der Waals surface area contributed by atoms with Crippen LogP contribution in [-0.2, 0) is 4.79 Å². The molecule has 0 aromatic heterocycles. The number of nitrogens with two attached hydrogens (primary N) is 1. The van der Waals surface area contributed by atoms with Crippen LogP contribution in [0.25, 0.3) is 0 Å². The van der Waals surface area contributed by atoms with Crippen molar-refractivity contribution in [3.63, 3.8) is 0 Å². The molecule has 0 radical (unpaired) electrons. The van der Waals surface area contributed by atoms with Gasteiger partial charge in [-0.3, -0.25) is 9.59 Å². The first-order chi connectivity index (χ1) is 14.3. The number of benzene rings is 1. The Morgan fingerprint density at radius 1 is 1.10 bits per heavy atom. The molecule has 3 N–H and O–H groups in total. The Kier molecular flexibility index (Phi) is 7.40. The van der Waals surface area contributed by atoms with Crippen LogP contribution in [0, 0.1) is 18.8 Å². The number of nitrogens with zero attached hydrogens (tertiary/aromatic N) is 2. The first-order valence-electron chi connectivity index (χ1n) is 11.4. The predicted octanol–water partition coefficient (Wildman–Crippen LogP) is 3.05. The number of nitrogens with one attached hydrogen (secondary N) is 1. The molecular weight excluding hydrogens is 376 g/mol. The normalized spacial score (nSPS) is 22.2. The van der Waals surface area contributed by atoms with Crippen molar-refractivity contribution in [1.82, 2.24) is 15.1 Å². The van der Waals surface area contributed by atoms with Crippen LogP contribution in [0.15, 0.2) is 18.2 Å². The molecule has 2 amide bonds. The number of carbonyl (C=O) groups excluding carboxylic acids is 2. The van der Waals surface area contributed by atoms with Gasteiger partial charge in [0.05, 0.1) is 0 Å². The number of likely N-dealkylation sites (tertiary alicyclic amines) is 2. The molecule has 0 saturated carbocycles. The van der Waals surface area contributed by atoms with Gasteiger partial charge in [-0.15, -0.1) is 0 Å². The molecule has 6 heteroatoms. The van der Waals surface area contributed by atoms with E-state index in [0.717, 1.165) is 31.5 Å². The number of aryl methyl sites for hydroxylation is 1. The van der Waals surface area contributed by atoms with Gasteiger partial charge in [0, 0.05) is 30.4 Å². The summed E-state index contributed by atoms with van der Waals surface area (Å²) in [6.07, 6.45) is 5.99. The zero-order chi connectivity index (χ0) is 21.8. The standard InChI is InChI=1S/C24H38N4O2/c1-16(2)22(26-23(29)19-9-8-17(3)20(25)15-19)24(30)28-13-10-18(11-14-28)21-7-5-6-12-27(21)4/h8-9,15-16,18,21-22H,5-7,10-14,25H2,1-4H3,(H,26,29)/t21?,22-/m1/s1. The summed E-state index contributed by atoms with van der Waals surface area (Å²) in [6.45, 7) is 8.63. The van der Waals surface area contributed by atoms with Gasteiger partial charge < -0.3 is 20.9 Å². The van der Waals surface area contributed by atoms with Crippen LogP contribution in [0.4, 0.5) is 5.69 Å². The van der Waals surface area contributed by atoms with E-state index in [4.69, 9.17) is 5.73 Å². The Balaban J connectivity index is 1.60. The lowest BCUT2D eigenvalue weighted by molar-refractivity contribution is -0.136. The van der Waals surface area contributed by atoms with Gasteiger partial charge in [-0.05, 0) is 75.7 Å². The second-order valence-electron chi connectivity index (χ2n) is 9.47. The molecule has 6 nitrogen and oxygen atoms in total. The Morgan fingerprint density at radius 3 is 2.40 bits per heavy atom. The fourth-order valence-corrected chi connectivity index (χ4v) is 4.92. The molecule has 1 aromatic rings. The van der Waals surface area contributed by atoms with Gasteiger partial charge in [-0.25, -0.2) is 0 Å². The van der Waals surface area contributed by atoms with Crippen molar-refractivity contribution in [3.8, 4) is 0 Å². The van der Waals surface area contributed by atoms with E-state index < -0.39 is 6.04 Å². The lowest BCUT2D eigenvalue weighted by Crippen LogP contribution is -2.54.